The fraction of sp³-hybridized carbons (Fsp3) is 0.421. The fourth-order valence-corrected chi connectivity index (χ4v) is 3.36. The van der Waals surface area contributed by atoms with Gasteiger partial charge in [-0.05, 0) is 30.0 Å². The topological polar surface area (TPSA) is 60.7 Å². The molecule has 5 nitrogen and oxygen atoms in total. The summed E-state index contributed by atoms with van der Waals surface area (Å²) in [4.78, 5) is 11.9. The number of aryl methyl sites for hydroxylation is 1. The van der Waals surface area contributed by atoms with Crippen LogP contribution in [0.25, 0.3) is 11.1 Å². The standard InChI is InChI=1S/C19H23NO4/c1-4-5-12(2)8-15-18(19(21)22)14(10-20(15)3)13-6-7-16-17(9-13)24-11-23-16/h6-7,9-10,12H,4-5,8,11H2,1-3H3,(H,21,22). The lowest BCUT2D eigenvalue weighted by Crippen LogP contribution is -2.09. The SMILES string of the molecule is CCCC(C)Cc1c(C(=O)O)c(-c2ccc3c(c2)OCO3)cn1C. The molecule has 1 aromatic heterocycles. The van der Waals surface area contributed by atoms with Crippen LogP contribution in [0.4, 0.5) is 0 Å². The average molecular weight is 329 g/mol. The zero-order valence-corrected chi connectivity index (χ0v) is 14.3. The maximum atomic E-state index is 11.9. The predicted octanol–water partition coefficient (Wildman–Crippen LogP) is 4.10. The molecule has 1 unspecified atom stereocenters. The van der Waals surface area contributed by atoms with Crippen LogP contribution in [-0.2, 0) is 13.5 Å². The lowest BCUT2D eigenvalue weighted by atomic mass is 9.95. The molecule has 0 aliphatic carbocycles. The number of carbonyl (C=O) groups is 1. The molecule has 24 heavy (non-hydrogen) atoms. The summed E-state index contributed by atoms with van der Waals surface area (Å²) in [5.74, 6) is 0.921. The molecule has 0 spiro atoms. The van der Waals surface area contributed by atoms with Crippen molar-refractivity contribution >= 4 is 5.97 Å². The number of fused-ring (bicyclic) bond motifs is 1. The molecule has 1 aliphatic rings. The first-order valence-corrected chi connectivity index (χ1v) is 8.32. The lowest BCUT2D eigenvalue weighted by molar-refractivity contribution is 0.0696. The molecule has 3 rings (SSSR count). The van der Waals surface area contributed by atoms with Gasteiger partial charge >= 0.3 is 5.97 Å². The molecular formula is C19H23NO4. The van der Waals surface area contributed by atoms with Crippen molar-refractivity contribution in [3.63, 3.8) is 0 Å². The van der Waals surface area contributed by atoms with Crippen molar-refractivity contribution in [2.45, 2.75) is 33.1 Å². The van der Waals surface area contributed by atoms with E-state index in [-0.39, 0.29) is 6.79 Å². The Morgan fingerprint density at radius 3 is 2.79 bits per heavy atom. The number of carboxylic acids is 1. The lowest BCUT2D eigenvalue weighted by Gasteiger charge is -2.12. The molecule has 0 saturated carbocycles. The van der Waals surface area contributed by atoms with Crippen molar-refractivity contribution in [2.24, 2.45) is 13.0 Å². The molecule has 0 saturated heterocycles. The maximum absolute atomic E-state index is 11.9. The number of hydrogen-bond acceptors (Lipinski definition) is 3. The minimum atomic E-state index is -0.887. The molecule has 128 valence electrons. The molecule has 1 N–H and O–H groups in total. The molecule has 1 atom stereocenters. The van der Waals surface area contributed by atoms with E-state index in [9.17, 15) is 9.90 Å². The Kier molecular flexibility index (Phi) is 4.51. The highest BCUT2D eigenvalue weighted by Gasteiger charge is 2.24. The van der Waals surface area contributed by atoms with E-state index < -0.39 is 5.97 Å². The fourth-order valence-electron chi connectivity index (χ4n) is 3.36. The van der Waals surface area contributed by atoms with E-state index in [1.54, 1.807) is 0 Å². The third kappa shape index (κ3) is 2.98. The van der Waals surface area contributed by atoms with E-state index in [0.29, 0.717) is 23.0 Å². The van der Waals surface area contributed by atoms with Gasteiger partial charge in [0.2, 0.25) is 6.79 Å². The van der Waals surface area contributed by atoms with Crippen molar-refractivity contribution in [3.8, 4) is 22.6 Å². The number of aromatic carboxylic acids is 1. The number of carboxylic acid groups (broad SMARTS) is 1. The zero-order valence-electron chi connectivity index (χ0n) is 14.3. The first-order chi connectivity index (χ1) is 11.5. The quantitative estimate of drug-likeness (QED) is 0.867. The second-order valence-electron chi connectivity index (χ2n) is 6.45. The second-order valence-corrected chi connectivity index (χ2v) is 6.45. The average Bonchev–Trinajstić information content (AvgIpc) is 3.11. The molecular weight excluding hydrogens is 306 g/mol. The summed E-state index contributed by atoms with van der Waals surface area (Å²) in [7, 11) is 1.91. The van der Waals surface area contributed by atoms with E-state index >= 15 is 0 Å². The normalized spacial score (nSPS) is 14.0. The molecule has 0 radical (unpaired) electrons. The van der Waals surface area contributed by atoms with Crippen LogP contribution in [0.3, 0.4) is 0 Å². The number of rotatable bonds is 6. The van der Waals surface area contributed by atoms with Crippen LogP contribution in [-0.4, -0.2) is 22.4 Å². The van der Waals surface area contributed by atoms with Crippen LogP contribution < -0.4 is 9.47 Å². The molecule has 2 heterocycles. The predicted molar refractivity (Wildman–Crippen MR) is 91.7 cm³/mol. The van der Waals surface area contributed by atoms with E-state index in [0.717, 1.165) is 36.1 Å². The smallest absolute Gasteiger partial charge is 0.338 e. The van der Waals surface area contributed by atoms with Crippen molar-refractivity contribution in [1.29, 1.82) is 0 Å². The van der Waals surface area contributed by atoms with Crippen LogP contribution >= 0.6 is 0 Å². The number of ether oxygens (including phenoxy) is 2. The number of hydrogen-bond donors (Lipinski definition) is 1. The highest BCUT2D eigenvalue weighted by atomic mass is 16.7. The summed E-state index contributed by atoms with van der Waals surface area (Å²) in [6.45, 7) is 4.53. The zero-order chi connectivity index (χ0) is 17.3. The van der Waals surface area contributed by atoms with Crippen molar-refractivity contribution in [2.75, 3.05) is 6.79 Å². The first-order valence-electron chi connectivity index (χ1n) is 8.32. The molecule has 1 aliphatic heterocycles. The Morgan fingerprint density at radius 2 is 2.08 bits per heavy atom. The van der Waals surface area contributed by atoms with E-state index in [1.807, 2.05) is 36.0 Å². The summed E-state index contributed by atoms with van der Waals surface area (Å²) in [6, 6.07) is 5.56. The molecule has 5 heteroatoms. The summed E-state index contributed by atoms with van der Waals surface area (Å²) >= 11 is 0. The monoisotopic (exact) mass is 329 g/mol. The van der Waals surface area contributed by atoms with Crippen LogP contribution in [0.2, 0.25) is 0 Å². The van der Waals surface area contributed by atoms with Gasteiger partial charge < -0.3 is 19.1 Å². The van der Waals surface area contributed by atoms with Gasteiger partial charge in [0.1, 0.15) is 0 Å². The van der Waals surface area contributed by atoms with E-state index in [4.69, 9.17) is 9.47 Å². The van der Waals surface area contributed by atoms with Crippen LogP contribution in [0.1, 0.15) is 42.7 Å². The summed E-state index contributed by atoms with van der Waals surface area (Å²) < 4.78 is 12.7. The van der Waals surface area contributed by atoms with Gasteiger partial charge in [-0.2, -0.15) is 0 Å². The highest BCUT2D eigenvalue weighted by Crippen LogP contribution is 2.38. The minimum Gasteiger partial charge on any atom is -0.478 e. The summed E-state index contributed by atoms with van der Waals surface area (Å²) in [6.07, 6.45) is 4.85. The molecule has 0 fully saturated rings. The Labute approximate surface area is 141 Å². The number of aromatic nitrogens is 1. The highest BCUT2D eigenvalue weighted by molar-refractivity contribution is 5.97. The first kappa shape index (κ1) is 16.4. The Hall–Kier alpha value is -2.43. The Bertz CT molecular complexity index is 763. The van der Waals surface area contributed by atoms with E-state index in [2.05, 4.69) is 13.8 Å². The molecule has 0 bridgehead atoms. The summed E-state index contributed by atoms with van der Waals surface area (Å²) in [5, 5.41) is 9.79. The number of nitrogens with zero attached hydrogens (tertiary/aromatic N) is 1. The van der Waals surface area contributed by atoms with Gasteiger partial charge in [0.05, 0.1) is 5.56 Å². The van der Waals surface area contributed by atoms with E-state index in [1.165, 1.54) is 0 Å². The third-order valence-corrected chi connectivity index (χ3v) is 4.53. The minimum absolute atomic E-state index is 0.207. The Balaban J connectivity index is 2.03. The van der Waals surface area contributed by atoms with Crippen LogP contribution in [0, 0.1) is 5.92 Å². The van der Waals surface area contributed by atoms with Gasteiger partial charge in [0.25, 0.3) is 0 Å². The third-order valence-electron chi connectivity index (χ3n) is 4.53. The maximum Gasteiger partial charge on any atom is 0.338 e. The number of benzene rings is 1. The second kappa shape index (κ2) is 6.59. The summed E-state index contributed by atoms with van der Waals surface area (Å²) in [5.41, 5.74) is 2.82. The van der Waals surface area contributed by atoms with Gasteiger partial charge in [-0.1, -0.05) is 32.8 Å². The van der Waals surface area contributed by atoms with Crippen LogP contribution in [0.15, 0.2) is 24.4 Å². The largest absolute Gasteiger partial charge is 0.478 e. The van der Waals surface area contributed by atoms with Crippen molar-refractivity contribution in [3.05, 3.63) is 35.7 Å². The molecule has 1 aromatic carbocycles. The Morgan fingerprint density at radius 1 is 1.33 bits per heavy atom. The van der Waals surface area contributed by atoms with Crippen molar-refractivity contribution in [1.82, 2.24) is 4.57 Å². The van der Waals surface area contributed by atoms with Crippen molar-refractivity contribution < 1.29 is 19.4 Å². The molecule has 0 amide bonds. The molecule has 2 aromatic rings. The van der Waals surface area contributed by atoms with Gasteiger partial charge in [-0.25, -0.2) is 4.79 Å². The van der Waals surface area contributed by atoms with Gasteiger partial charge in [0.15, 0.2) is 11.5 Å². The van der Waals surface area contributed by atoms with Crippen LogP contribution in [0.5, 0.6) is 11.5 Å². The van der Waals surface area contributed by atoms with Gasteiger partial charge in [0, 0.05) is 24.5 Å². The van der Waals surface area contributed by atoms with Gasteiger partial charge in [-0.15, -0.1) is 0 Å². The van der Waals surface area contributed by atoms with Gasteiger partial charge in [-0.3, -0.25) is 0 Å².